The lowest BCUT2D eigenvalue weighted by molar-refractivity contribution is -0.143. The molecule has 0 unspecified atom stereocenters. The van der Waals surface area contributed by atoms with E-state index in [9.17, 15) is 14.9 Å². The second-order valence-corrected chi connectivity index (χ2v) is 7.71. The van der Waals surface area contributed by atoms with E-state index in [0.29, 0.717) is 44.8 Å². The van der Waals surface area contributed by atoms with Crippen molar-refractivity contribution in [2.45, 2.75) is 46.1 Å². The van der Waals surface area contributed by atoms with Crippen LogP contribution in [0.25, 0.3) is 0 Å². The molecule has 1 saturated heterocycles. The highest BCUT2D eigenvalue weighted by molar-refractivity contribution is 5.70. The molecule has 0 spiro atoms. The van der Waals surface area contributed by atoms with Crippen LogP contribution in [-0.4, -0.2) is 55.3 Å². The second kappa shape index (κ2) is 9.45. The number of nitrogens with zero attached hydrogens (tertiary/aromatic N) is 3. The van der Waals surface area contributed by atoms with Crippen LogP contribution in [0.4, 0.5) is 10.5 Å². The smallest absolute Gasteiger partial charge is 0.410 e. The quantitative estimate of drug-likeness (QED) is 0.722. The molecule has 0 radical (unpaired) electrons. The molecule has 0 N–H and O–H groups in total. The topological polar surface area (TPSA) is 82.9 Å². The molecule has 0 atom stereocenters. The summed E-state index contributed by atoms with van der Waals surface area (Å²) in [5.74, 6) is -0.261. The molecule has 1 aliphatic rings. The third kappa shape index (κ3) is 6.15. The maximum absolute atomic E-state index is 12.2. The van der Waals surface area contributed by atoms with Gasteiger partial charge in [-0.3, -0.25) is 4.79 Å². The van der Waals surface area contributed by atoms with Gasteiger partial charge in [-0.2, -0.15) is 5.26 Å². The number of aryl methyl sites for hydroxylation is 1. The van der Waals surface area contributed by atoms with Crippen molar-refractivity contribution in [2.24, 2.45) is 0 Å². The first-order chi connectivity index (χ1) is 13.2. The zero-order valence-electron chi connectivity index (χ0n) is 17.2. The average molecular weight is 387 g/mol. The van der Waals surface area contributed by atoms with Gasteiger partial charge in [0.1, 0.15) is 5.60 Å². The lowest BCUT2D eigenvalue weighted by atomic mass is 10.0. The molecule has 0 aliphatic carbocycles. The van der Waals surface area contributed by atoms with Crippen LogP contribution in [0.1, 0.15) is 45.2 Å². The van der Waals surface area contributed by atoms with Crippen molar-refractivity contribution in [3.63, 3.8) is 0 Å². The Morgan fingerprint density at radius 1 is 1.18 bits per heavy atom. The van der Waals surface area contributed by atoms with Gasteiger partial charge in [0, 0.05) is 38.3 Å². The maximum atomic E-state index is 12.2. The van der Waals surface area contributed by atoms with Gasteiger partial charge in [-0.1, -0.05) is 0 Å². The molecule has 2 rings (SSSR count). The Morgan fingerprint density at radius 3 is 2.43 bits per heavy atom. The Balaban J connectivity index is 2.00. The molecule has 7 heteroatoms. The van der Waals surface area contributed by atoms with Gasteiger partial charge in [-0.05, 0) is 57.9 Å². The SMILES string of the molecule is CCOC(=O)CCc1cc(N2CCN(C(=O)OC(C)(C)C)CC2)ccc1C#N. The minimum absolute atomic E-state index is 0.248. The summed E-state index contributed by atoms with van der Waals surface area (Å²) in [6, 6.07) is 7.84. The fraction of sp³-hybridized carbons (Fsp3) is 0.571. The summed E-state index contributed by atoms with van der Waals surface area (Å²) in [5.41, 5.74) is 1.89. The Kier molecular flexibility index (Phi) is 7.27. The van der Waals surface area contributed by atoms with Gasteiger partial charge < -0.3 is 19.3 Å². The van der Waals surface area contributed by atoms with E-state index < -0.39 is 5.60 Å². The monoisotopic (exact) mass is 387 g/mol. The van der Waals surface area contributed by atoms with E-state index in [2.05, 4.69) is 11.0 Å². The molecular weight excluding hydrogens is 358 g/mol. The van der Waals surface area contributed by atoms with E-state index in [1.807, 2.05) is 32.9 Å². The van der Waals surface area contributed by atoms with Crippen molar-refractivity contribution >= 4 is 17.7 Å². The molecule has 0 aromatic heterocycles. The molecule has 0 bridgehead atoms. The van der Waals surface area contributed by atoms with Gasteiger partial charge in [0.2, 0.25) is 0 Å². The van der Waals surface area contributed by atoms with Crippen LogP contribution in [0, 0.1) is 11.3 Å². The zero-order valence-corrected chi connectivity index (χ0v) is 17.2. The fourth-order valence-corrected chi connectivity index (χ4v) is 3.04. The number of carbonyl (C=O) groups excluding carboxylic acids is 2. The van der Waals surface area contributed by atoms with Crippen molar-refractivity contribution < 1.29 is 19.1 Å². The number of hydrogen-bond acceptors (Lipinski definition) is 6. The Morgan fingerprint density at radius 2 is 1.86 bits per heavy atom. The van der Waals surface area contributed by atoms with Crippen molar-refractivity contribution in [3.8, 4) is 6.07 Å². The summed E-state index contributed by atoms with van der Waals surface area (Å²) in [4.78, 5) is 27.7. The summed E-state index contributed by atoms with van der Waals surface area (Å²) in [5, 5.41) is 9.34. The molecule has 1 fully saturated rings. The molecule has 152 valence electrons. The minimum atomic E-state index is -0.505. The number of amides is 1. The molecule has 1 amide bonds. The number of rotatable bonds is 5. The van der Waals surface area contributed by atoms with Crippen molar-refractivity contribution in [3.05, 3.63) is 29.3 Å². The average Bonchev–Trinajstić information content (AvgIpc) is 2.65. The molecule has 1 heterocycles. The van der Waals surface area contributed by atoms with Gasteiger partial charge >= 0.3 is 12.1 Å². The van der Waals surface area contributed by atoms with Gasteiger partial charge in [0.25, 0.3) is 0 Å². The van der Waals surface area contributed by atoms with E-state index >= 15 is 0 Å². The summed E-state index contributed by atoms with van der Waals surface area (Å²) >= 11 is 0. The van der Waals surface area contributed by atoms with E-state index in [4.69, 9.17) is 9.47 Å². The molecule has 1 aliphatic heterocycles. The molecule has 0 saturated carbocycles. The number of anilines is 1. The summed E-state index contributed by atoms with van der Waals surface area (Å²) in [7, 11) is 0. The highest BCUT2D eigenvalue weighted by Crippen LogP contribution is 2.23. The van der Waals surface area contributed by atoms with Crippen LogP contribution >= 0.6 is 0 Å². The molecular formula is C21H29N3O4. The number of hydrogen-bond donors (Lipinski definition) is 0. The normalized spacial score (nSPS) is 14.4. The molecule has 1 aromatic carbocycles. The van der Waals surface area contributed by atoms with E-state index in [1.165, 1.54) is 0 Å². The van der Waals surface area contributed by atoms with Gasteiger partial charge in [0.15, 0.2) is 0 Å². The largest absolute Gasteiger partial charge is 0.466 e. The summed E-state index contributed by atoms with van der Waals surface area (Å²) in [6.07, 6.45) is 0.424. The first-order valence-corrected chi connectivity index (χ1v) is 9.65. The highest BCUT2D eigenvalue weighted by Gasteiger charge is 2.26. The third-order valence-electron chi connectivity index (χ3n) is 4.41. The molecule has 28 heavy (non-hydrogen) atoms. The standard InChI is InChI=1S/C21H29N3O4/c1-5-27-19(25)9-7-16-14-18(8-6-17(16)15-22)23-10-12-24(13-11-23)20(26)28-21(2,3)4/h6,8,14H,5,7,9-13H2,1-4H3. The first-order valence-electron chi connectivity index (χ1n) is 9.65. The third-order valence-corrected chi connectivity index (χ3v) is 4.41. The minimum Gasteiger partial charge on any atom is -0.466 e. The van der Waals surface area contributed by atoms with Gasteiger partial charge in [0.05, 0.1) is 18.2 Å². The highest BCUT2D eigenvalue weighted by atomic mass is 16.6. The van der Waals surface area contributed by atoms with Crippen LogP contribution < -0.4 is 4.90 Å². The first kappa shape index (κ1) is 21.5. The number of ether oxygens (including phenoxy) is 2. The zero-order chi connectivity index (χ0) is 20.7. The van der Waals surface area contributed by atoms with Crippen molar-refractivity contribution in [2.75, 3.05) is 37.7 Å². The number of piperazine rings is 1. The number of nitriles is 1. The lowest BCUT2D eigenvalue weighted by Crippen LogP contribution is -2.50. The van der Waals surface area contributed by atoms with E-state index in [0.717, 1.165) is 11.3 Å². The van der Waals surface area contributed by atoms with E-state index in [1.54, 1.807) is 17.9 Å². The lowest BCUT2D eigenvalue weighted by Gasteiger charge is -2.37. The predicted octanol–water partition coefficient (Wildman–Crippen LogP) is 3.11. The van der Waals surface area contributed by atoms with Crippen molar-refractivity contribution in [1.29, 1.82) is 5.26 Å². The second-order valence-electron chi connectivity index (χ2n) is 7.71. The summed E-state index contributed by atoms with van der Waals surface area (Å²) in [6.45, 7) is 10.2. The maximum Gasteiger partial charge on any atom is 0.410 e. The Hall–Kier alpha value is -2.75. The van der Waals surface area contributed by atoms with Crippen molar-refractivity contribution in [1.82, 2.24) is 4.90 Å². The molecule has 1 aromatic rings. The van der Waals surface area contributed by atoms with Crippen LogP contribution in [0.5, 0.6) is 0 Å². The van der Waals surface area contributed by atoms with Gasteiger partial charge in [-0.15, -0.1) is 0 Å². The number of benzene rings is 1. The fourth-order valence-electron chi connectivity index (χ4n) is 3.04. The Bertz CT molecular complexity index is 741. The molecule has 7 nitrogen and oxygen atoms in total. The van der Waals surface area contributed by atoms with E-state index in [-0.39, 0.29) is 18.5 Å². The summed E-state index contributed by atoms with van der Waals surface area (Å²) < 4.78 is 10.4. The van der Waals surface area contributed by atoms with Crippen LogP contribution in [0.3, 0.4) is 0 Å². The Labute approximate surface area is 166 Å². The number of esters is 1. The van der Waals surface area contributed by atoms with Crippen LogP contribution in [0.2, 0.25) is 0 Å². The van der Waals surface area contributed by atoms with Gasteiger partial charge in [-0.25, -0.2) is 4.79 Å². The predicted molar refractivity (Wildman–Crippen MR) is 106 cm³/mol. The van der Waals surface area contributed by atoms with Crippen LogP contribution in [-0.2, 0) is 20.7 Å². The number of carbonyl (C=O) groups is 2. The van der Waals surface area contributed by atoms with Crippen LogP contribution in [0.15, 0.2) is 18.2 Å².